The molecule has 1 aromatic heterocycles. The van der Waals surface area contributed by atoms with E-state index in [9.17, 15) is 26.3 Å². The van der Waals surface area contributed by atoms with Gasteiger partial charge in [0.05, 0.1) is 35.4 Å². The summed E-state index contributed by atoms with van der Waals surface area (Å²) < 4.78 is 87.7. The topological polar surface area (TPSA) is 52.0 Å². The molecule has 5 rings (SSSR count). The van der Waals surface area contributed by atoms with E-state index in [0.717, 1.165) is 24.1 Å². The van der Waals surface area contributed by atoms with Crippen LogP contribution in [0.3, 0.4) is 0 Å². The van der Waals surface area contributed by atoms with Crippen LogP contribution in [0, 0.1) is 0 Å². The summed E-state index contributed by atoms with van der Waals surface area (Å²) >= 11 is 0. The number of ether oxygens (including phenoxy) is 1. The van der Waals surface area contributed by atoms with E-state index >= 15 is 0 Å². The molecule has 0 aliphatic carbocycles. The molecule has 0 amide bonds. The standard InChI is InChI=1S/C24H22F6N4O.ClH/c25-23(26,27)17-8-15(9-18(10-17)24(28,29)30)12-35-21-7-6-19-20(34-13-31-32-14-34)11-22(21,33-19)16-4-2-1-3-5-16;/h1-5,8-10,13-14,19-21,33H,6-7,11-12H2;1H/t19-,20+,21+,22+;/m0./s1. The van der Waals surface area contributed by atoms with Crippen molar-refractivity contribution in [2.45, 2.75) is 61.9 Å². The number of hydrogen-bond acceptors (Lipinski definition) is 4. The second kappa shape index (κ2) is 9.68. The Kier molecular flexibility index (Phi) is 7.11. The molecular formula is C24H23ClF6N4O. The first-order chi connectivity index (χ1) is 16.6. The van der Waals surface area contributed by atoms with E-state index in [1.54, 1.807) is 12.7 Å². The quantitative estimate of drug-likeness (QED) is 0.415. The Morgan fingerprint density at radius 3 is 2.11 bits per heavy atom. The molecule has 194 valence electrons. The molecule has 1 N–H and O–H groups in total. The highest BCUT2D eigenvalue weighted by atomic mass is 35.5. The van der Waals surface area contributed by atoms with Gasteiger partial charge in [-0.05, 0) is 48.6 Å². The maximum absolute atomic E-state index is 13.3. The lowest BCUT2D eigenvalue weighted by molar-refractivity contribution is -0.143. The molecule has 5 nitrogen and oxygen atoms in total. The van der Waals surface area contributed by atoms with Gasteiger partial charge in [-0.15, -0.1) is 22.6 Å². The van der Waals surface area contributed by atoms with Crippen LogP contribution in [0.4, 0.5) is 26.3 Å². The highest BCUT2D eigenvalue weighted by Gasteiger charge is 2.54. The Hall–Kier alpha value is -2.63. The zero-order valence-corrected chi connectivity index (χ0v) is 19.6. The van der Waals surface area contributed by atoms with Crippen LogP contribution < -0.4 is 5.32 Å². The monoisotopic (exact) mass is 532 g/mol. The fourth-order valence-electron chi connectivity index (χ4n) is 5.37. The zero-order valence-electron chi connectivity index (χ0n) is 18.8. The zero-order chi connectivity index (χ0) is 24.8. The SMILES string of the molecule is Cl.FC(F)(F)c1cc(CO[C@@H]2CC[C@@H]3N[C@@]2(c2ccccc2)C[C@H]3n2cnnc2)cc(C(F)(F)F)c1. The first-order valence-corrected chi connectivity index (χ1v) is 11.1. The molecule has 3 heterocycles. The fraction of sp³-hybridized carbons (Fsp3) is 0.417. The molecule has 2 aliphatic rings. The minimum absolute atomic E-state index is 0. The van der Waals surface area contributed by atoms with Crippen molar-refractivity contribution in [2.75, 3.05) is 0 Å². The van der Waals surface area contributed by atoms with Gasteiger partial charge in [-0.3, -0.25) is 0 Å². The minimum atomic E-state index is -4.90. The number of nitrogens with one attached hydrogen (secondary N) is 1. The van der Waals surface area contributed by atoms with Crippen LogP contribution in [0.2, 0.25) is 0 Å². The summed E-state index contributed by atoms with van der Waals surface area (Å²) in [6, 6.07) is 11.3. The summed E-state index contributed by atoms with van der Waals surface area (Å²) in [5.74, 6) is 0. The van der Waals surface area contributed by atoms with Gasteiger partial charge in [-0.1, -0.05) is 30.3 Å². The fourth-order valence-corrected chi connectivity index (χ4v) is 5.37. The number of halogens is 7. The predicted octanol–water partition coefficient (Wildman–Crippen LogP) is 5.92. The van der Waals surface area contributed by atoms with Crippen LogP contribution in [-0.2, 0) is 29.2 Å². The van der Waals surface area contributed by atoms with Crippen LogP contribution >= 0.6 is 12.4 Å². The van der Waals surface area contributed by atoms with Gasteiger partial charge in [0, 0.05) is 6.04 Å². The summed E-state index contributed by atoms with van der Waals surface area (Å²) in [5, 5.41) is 11.5. The first kappa shape index (κ1) is 26.4. The largest absolute Gasteiger partial charge is 0.416 e. The lowest BCUT2D eigenvalue weighted by atomic mass is 9.80. The van der Waals surface area contributed by atoms with Crippen molar-refractivity contribution < 1.29 is 31.1 Å². The molecule has 0 unspecified atom stereocenters. The smallest absolute Gasteiger partial charge is 0.371 e. The third-order valence-electron chi connectivity index (χ3n) is 6.94. The van der Waals surface area contributed by atoms with Crippen LogP contribution in [-0.4, -0.2) is 26.9 Å². The Balaban J connectivity index is 0.00000304. The summed E-state index contributed by atoms with van der Waals surface area (Å²) in [5.41, 5.74) is -2.58. The lowest BCUT2D eigenvalue weighted by Crippen LogP contribution is -2.54. The molecule has 2 saturated heterocycles. The predicted molar refractivity (Wildman–Crippen MR) is 120 cm³/mol. The van der Waals surface area contributed by atoms with Crippen molar-refractivity contribution in [3.05, 3.63) is 83.4 Å². The normalized spacial score (nSPS) is 26.0. The molecular weight excluding hydrogens is 510 g/mol. The van der Waals surface area contributed by atoms with Gasteiger partial charge in [0.25, 0.3) is 0 Å². The Bertz CT molecular complexity index is 1140. The van der Waals surface area contributed by atoms with E-state index in [4.69, 9.17) is 4.74 Å². The highest BCUT2D eigenvalue weighted by molar-refractivity contribution is 5.85. The van der Waals surface area contributed by atoms with Crippen molar-refractivity contribution in [1.82, 2.24) is 20.1 Å². The molecule has 4 atom stereocenters. The number of rotatable bonds is 5. The van der Waals surface area contributed by atoms with Gasteiger partial charge >= 0.3 is 12.4 Å². The van der Waals surface area contributed by atoms with Crippen LogP contribution in [0.25, 0.3) is 0 Å². The maximum atomic E-state index is 13.3. The Labute approximate surface area is 209 Å². The van der Waals surface area contributed by atoms with Gasteiger partial charge in [0.15, 0.2) is 0 Å². The van der Waals surface area contributed by atoms with E-state index in [0.29, 0.717) is 12.8 Å². The Morgan fingerprint density at radius 2 is 1.53 bits per heavy atom. The second-order valence-electron chi connectivity index (χ2n) is 9.06. The number of aromatic nitrogens is 3. The number of nitrogens with zero attached hydrogens (tertiary/aromatic N) is 3. The molecule has 3 aromatic rings. The van der Waals surface area contributed by atoms with Gasteiger partial charge in [-0.25, -0.2) is 0 Å². The van der Waals surface area contributed by atoms with E-state index in [-0.39, 0.29) is 42.7 Å². The second-order valence-corrected chi connectivity index (χ2v) is 9.06. The van der Waals surface area contributed by atoms with E-state index in [1.165, 1.54) is 0 Å². The van der Waals surface area contributed by atoms with Crippen LogP contribution in [0.5, 0.6) is 0 Å². The average molecular weight is 533 g/mol. The number of benzene rings is 2. The summed E-state index contributed by atoms with van der Waals surface area (Å²) in [7, 11) is 0. The molecule has 2 fully saturated rings. The number of alkyl halides is 6. The molecule has 12 heteroatoms. The third-order valence-corrected chi connectivity index (χ3v) is 6.94. The lowest BCUT2D eigenvalue weighted by Gasteiger charge is -2.42. The van der Waals surface area contributed by atoms with Gasteiger partial charge in [0.1, 0.15) is 12.7 Å². The van der Waals surface area contributed by atoms with E-state index in [2.05, 4.69) is 15.5 Å². The molecule has 2 bridgehead atoms. The molecule has 36 heavy (non-hydrogen) atoms. The van der Waals surface area contributed by atoms with Crippen molar-refractivity contribution >= 4 is 12.4 Å². The maximum Gasteiger partial charge on any atom is 0.416 e. The van der Waals surface area contributed by atoms with Crippen molar-refractivity contribution in [3.63, 3.8) is 0 Å². The van der Waals surface area contributed by atoms with Crippen LogP contribution in [0.1, 0.15) is 47.6 Å². The summed E-state index contributed by atoms with van der Waals surface area (Å²) in [6.45, 7) is -0.379. The van der Waals surface area contributed by atoms with Gasteiger partial charge < -0.3 is 14.6 Å². The average Bonchev–Trinajstić information content (AvgIpc) is 3.45. The molecule has 2 aliphatic heterocycles. The molecule has 0 spiro atoms. The molecule has 0 radical (unpaired) electrons. The molecule has 0 saturated carbocycles. The van der Waals surface area contributed by atoms with Crippen molar-refractivity contribution in [2.24, 2.45) is 0 Å². The minimum Gasteiger partial charge on any atom is -0.371 e. The highest BCUT2D eigenvalue weighted by Crippen LogP contribution is 2.49. The Morgan fingerprint density at radius 1 is 0.917 bits per heavy atom. The van der Waals surface area contributed by atoms with Gasteiger partial charge in [-0.2, -0.15) is 26.3 Å². The first-order valence-electron chi connectivity index (χ1n) is 11.1. The van der Waals surface area contributed by atoms with Crippen molar-refractivity contribution in [1.29, 1.82) is 0 Å². The summed E-state index contributed by atoms with van der Waals surface area (Å²) in [6.07, 6.45) is -5.07. The van der Waals surface area contributed by atoms with E-state index < -0.39 is 35.1 Å². The number of fused-ring (bicyclic) bond motifs is 2. The number of piperidine rings is 1. The number of hydrogen-bond donors (Lipinski definition) is 1. The van der Waals surface area contributed by atoms with E-state index in [1.807, 2.05) is 34.9 Å². The van der Waals surface area contributed by atoms with Crippen LogP contribution in [0.15, 0.2) is 61.2 Å². The molecule has 2 aromatic carbocycles. The van der Waals surface area contributed by atoms with Crippen molar-refractivity contribution in [3.8, 4) is 0 Å². The van der Waals surface area contributed by atoms with Gasteiger partial charge in [0.2, 0.25) is 0 Å². The third kappa shape index (κ3) is 4.96. The summed E-state index contributed by atoms with van der Waals surface area (Å²) in [4.78, 5) is 0.